The highest BCUT2D eigenvalue weighted by Crippen LogP contribution is 2.35. The quantitative estimate of drug-likeness (QED) is 0.531. The number of halogens is 3. The van der Waals surface area contributed by atoms with Crippen LogP contribution in [-0.2, 0) is 0 Å². The Morgan fingerprint density at radius 2 is 1.92 bits per heavy atom. The summed E-state index contributed by atoms with van der Waals surface area (Å²) in [5.41, 5.74) is 1.40. The Balaban J connectivity index is 1.89. The Bertz CT molecular complexity index is 1070. The van der Waals surface area contributed by atoms with E-state index in [0.717, 1.165) is 10.8 Å². The molecule has 1 radical (unpaired) electrons. The first kappa shape index (κ1) is 16.1. The van der Waals surface area contributed by atoms with E-state index < -0.39 is 6.36 Å². The van der Waals surface area contributed by atoms with E-state index in [4.69, 9.17) is 0 Å². The minimum Gasteiger partial charge on any atom is -0.405 e. The van der Waals surface area contributed by atoms with Crippen molar-refractivity contribution in [2.24, 2.45) is 0 Å². The van der Waals surface area contributed by atoms with Gasteiger partial charge in [0.2, 0.25) is 0 Å². The van der Waals surface area contributed by atoms with Crippen molar-refractivity contribution in [1.82, 2.24) is 14.8 Å². The van der Waals surface area contributed by atoms with Crippen LogP contribution in [0.1, 0.15) is 0 Å². The lowest BCUT2D eigenvalue weighted by Crippen LogP contribution is -2.17. The van der Waals surface area contributed by atoms with Gasteiger partial charge in [0, 0.05) is 23.3 Å². The van der Waals surface area contributed by atoms with Gasteiger partial charge in [0.05, 0.1) is 17.6 Å². The van der Waals surface area contributed by atoms with Crippen molar-refractivity contribution >= 4 is 10.8 Å². The molecule has 2 aromatic heterocycles. The average molecular weight is 354 g/mol. The van der Waals surface area contributed by atoms with Crippen molar-refractivity contribution in [2.45, 2.75) is 6.36 Å². The molecule has 26 heavy (non-hydrogen) atoms. The lowest BCUT2D eigenvalue weighted by Gasteiger charge is -2.15. The van der Waals surface area contributed by atoms with Gasteiger partial charge in [-0.05, 0) is 41.8 Å². The molecular formula is C19H11F3N3O. The second kappa shape index (κ2) is 6.18. The standard InChI is InChI=1S/C19H11F3N3O/c20-19(21,22)26-18-7-2-1-5-14(18)17-9-11-24-25(17)16-6-3-4-13-8-10-23-12-15(13)16/h2-12H. The number of nitrogens with zero attached hydrogens (tertiary/aromatic N) is 3. The summed E-state index contributed by atoms with van der Waals surface area (Å²) in [5, 5.41) is 6.07. The molecule has 0 bridgehead atoms. The Kier molecular flexibility index (Phi) is 3.84. The maximum atomic E-state index is 12.7. The zero-order valence-electron chi connectivity index (χ0n) is 13.2. The molecule has 0 aliphatic carbocycles. The monoisotopic (exact) mass is 354 g/mol. The Morgan fingerprint density at radius 1 is 1.04 bits per heavy atom. The van der Waals surface area contributed by atoms with Crippen LogP contribution in [0.25, 0.3) is 27.7 Å². The SMILES string of the molecule is FC(F)(F)Oc1cc[c]cc1-c1ccnn1-c1cccc2ccncc12. The minimum absolute atomic E-state index is 0.239. The number of hydrogen-bond donors (Lipinski definition) is 0. The Morgan fingerprint density at radius 3 is 2.77 bits per heavy atom. The fraction of sp³-hybridized carbons (Fsp3) is 0.0526. The van der Waals surface area contributed by atoms with Crippen LogP contribution in [-0.4, -0.2) is 21.1 Å². The van der Waals surface area contributed by atoms with E-state index in [1.807, 2.05) is 24.3 Å². The summed E-state index contributed by atoms with van der Waals surface area (Å²) >= 11 is 0. The molecule has 0 unspecified atom stereocenters. The van der Waals surface area contributed by atoms with Crippen LogP contribution in [0.3, 0.4) is 0 Å². The van der Waals surface area contributed by atoms with E-state index >= 15 is 0 Å². The normalized spacial score (nSPS) is 11.7. The fourth-order valence-electron chi connectivity index (χ4n) is 2.81. The largest absolute Gasteiger partial charge is 0.573 e. The summed E-state index contributed by atoms with van der Waals surface area (Å²) in [6.45, 7) is 0. The third-order valence-electron chi connectivity index (χ3n) is 3.86. The van der Waals surface area contributed by atoms with Gasteiger partial charge in [-0.25, -0.2) is 4.68 Å². The van der Waals surface area contributed by atoms with E-state index in [-0.39, 0.29) is 11.3 Å². The first-order chi connectivity index (χ1) is 12.5. The zero-order chi connectivity index (χ0) is 18.1. The second-order valence-electron chi connectivity index (χ2n) is 5.47. The van der Waals surface area contributed by atoms with Crippen molar-refractivity contribution in [3.8, 4) is 22.7 Å². The second-order valence-corrected chi connectivity index (χ2v) is 5.47. The molecule has 0 aliphatic heterocycles. The third kappa shape index (κ3) is 2.99. The molecule has 0 saturated heterocycles. The molecule has 0 amide bonds. The van der Waals surface area contributed by atoms with Crippen LogP contribution in [0.4, 0.5) is 13.2 Å². The van der Waals surface area contributed by atoms with Crippen molar-refractivity contribution in [3.63, 3.8) is 0 Å². The van der Waals surface area contributed by atoms with Gasteiger partial charge in [-0.3, -0.25) is 4.98 Å². The molecule has 4 aromatic rings. The first-order valence-corrected chi connectivity index (χ1v) is 7.66. The van der Waals surface area contributed by atoms with Crippen LogP contribution in [0, 0.1) is 6.07 Å². The molecule has 0 saturated carbocycles. The highest BCUT2D eigenvalue weighted by Gasteiger charge is 2.32. The van der Waals surface area contributed by atoms with Gasteiger partial charge in [-0.15, -0.1) is 13.2 Å². The molecule has 0 aliphatic rings. The lowest BCUT2D eigenvalue weighted by atomic mass is 10.1. The summed E-state index contributed by atoms with van der Waals surface area (Å²) in [5.74, 6) is -0.309. The molecule has 7 heteroatoms. The van der Waals surface area contributed by atoms with Crippen LogP contribution in [0.5, 0.6) is 5.75 Å². The molecule has 129 valence electrons. The highest BCUT2D eigenvalue weighted by atomic mass is 19.4. The molecule has 0 N–H and O–H groups in total. The molecule has 0 fully saturated rings. The lowest BCUT2D eigenvalue weighted by molar-refractivity contribution is -0.274. The van der Waals surface area contributed by atoms with Gasteiger partial charge in [-0.1, -0.05) is 18.2 Å². The molecule has 0 spiro atoms. The number of pyridine rings is 1. The number of aromatic nitrogens is 3. The predicted octanol–water partition coefficient (Wildman–Crippen LogP) is 4.79. The van der Waals surface area contributed by atoms with Crippen LogP contribution >= 0.6 is 0 Å². The molecular weight excluding hydrogens is 343 g/mol. The van der Waals surface area contributed by atoms with Gasteiger partial charge < -0.3 is 4.74 Å². The van der Waals surface area contributed by atoms with Crippen LogP contribution in [0.2, 0.25) is 0 Å². The van der Waals surface area contributed by atoms with E-state index in [1.165, 1.54) is 24.4 Å². The van der Waals surface area contributed by atoms with E-state index in [9.17, 15) is 13.2 Å². The summed E-state index contributed by atoms with van der Waals surface area (Å²) in [4.78, 5) is 4.13. The zero-order valence-corrected chi connectivity index (χ0v) is 13.2. The van der Waals surface area contributed by atoms with Crippen LogP contribution < -0.4 is 4.74 Å². The van der Waals surface area contributed by atoms with Crippen molar-refractivity contribution in [3.05, 3.63) is 73.2 Å². The van der Waals surface area contributed by atoms with Crippen LogP contribution in [0.15, 0.2) is 67.1 Å². The third-order valence-corrected chi connectivity index (χ3v) is 3.86. The molecule has 2 aromatic carbocycles. The topological polar surface area (TPSA) is 39.9 Å². The number of fused-ring (bicyclic) bond motifs is 1. The summed E-state index contributed by atoms with van der Waals surface area (Å²) in [6.07, 6.45) is 0.108. The smallest absolute Gasteiger partial charge is 0.405 e. The Labute approximate surface area is 146 Å². The number of alkyl halides is 3. The molecule has 2 heterocycles. The average Bonchev–Trinajstić information content (AvgIpc) is 3.09. The summed E-state index contributed by atoms with van der Waals surface area (Å²) in [7, 11) is 0. The number of rotatable bonds is 3. The van der Waals surface area contributed by atoms with Crippen molar-refractivity contribution in [2.75, 3.05) is 0 Å². The van der Waals surface area contributed by atoms with Crippen molar-refractivity contribution < 1.29 is 17.9 Å². The van der Waals surface area contributed by atoms with Gasteiger partial charge >= 0.3 is 6.36 Å². The van der Waals surface area contributed by atoms with E-state index in [2.05, 4.69) is 20.9 Å². The first-order valence-electron chi connectivity index (χ1n) is 7.66. The van der Waals surface area contributed by atoms with Crippen molar-refractivity contribution in [1.29, 1.82) is 0 Å². The molecule has 4 nitrogen and oxygen atoms in total. The highest BCUT2D eigenvalue weighted by molar-refractivity contribution is 5.90. The summed E-state index contributed by atoms with van der Waals surface area (Å²) in [6, 6.07) is 15.9. The minimum atomic E-state index is -4.79. The maximum Gasteiger partial charge on any atom is 0.573 e. The summed E-state index contributed by atoms with van der Waals surface area (Å²) < 4.78 is 43.9. The Hall–Kier alpha value is -3.35. The fourth-order valence-corrected chi connectivity index (χ4v) is 2.81. The van der Waals surface area contributed by atoms with Gasteiger partial charge in [0.15, 0.2) is 0 Å². The number of benzene rings is 2. The van der Waals surface area contributed by atoms with Gasteiger partial charge in [0.25, 0.3) is 0 Å². The van der Waals surface area contributed by atoms with E-state index in [1.54, 1.807) is 23.1 Å². The predicted molar refractivity (Wildman–Crippen MR) is 89.8 cm³/mol. The maximum absolute atomic E-state index is 12.7. The number of ether oxygens (including phenoxy) is 1. The molecule has 0 atom stereocenters. The number of hydrogen-bond acceptors (Lipinski definition) is 3. The van der Waals surface area contributed by atoms with Gasteiger partial charge in [-0.2, -0.15) is 5.10 Å². The van der Waals surface area contributed by atoms with Gasteiger partial charge in [0.1, 0.15) is 5.75 Å². The van der Waals surface area contributed by atoms with E-state index in [0.29, 0.717) is 11.4 Å². The molecule has 4 rings (SSSR count).